The first kappa shape index (κ1) is 15.0. The largest absolute Gasteiger partial charge is 0.450 e. The lowest BCUT2D eigenvalue weighted by molar-refractivity contribution is 0.106. The molecule has 2 N–H and O–H groups in total. The summed E-state index contributed by atoms with van der Waals surface area (Å²) in [6, 6.07) is 9.93. The molecule has 0 atom stereocenters. The van der Waals surface area contributed by atoms with E-state index >= 15 is 0 Å². The van der Waals surface area contributed by atoms with Gasteiger partial charge in [-0.15, -0.1) is 0 Å². The molecule has 0 saturated heterocycles. The van der Waals surface area contributed by atoms with E-state index in [1.807, 2.05) is 42.5 Å². The van der Waals surface area contributed by atoms with Crippen molar-refractivity contribution >= 4 is 24.2 Å². The van der Waals surface area contributed by atoms with Crippen molar-refractivity contribution in [3.63, 3.8) is 0 Å². The number of ether oxygens (including phenoxy) is 1. The molecule has 0 radical (unpaired) electrons. The molecular formula is C17H18N4O2. The normalized spacial score (nSPS) is 13.3. The van der Waals surface area contributed by atoms with E-state index in [-0.39, 0.29) is 12.0 Å². The number of fused-ring (bicyclic) bond motifs is 1. The van der Waals surface area contributed by atoms with Gasteiger partial charge in [0.15, 0.2) is 0 Å². The quantitative estimate of drug-likeness (QED) is 0.942. The highest BCUT2D eigenvalue weighted by Gasteiger charge is 2.28. The van der Waals surface area contributed by atoms with Crippen molar-refractivity contribution in [2.45, 2.75) is 20.0 Å². The number of nitrogens with two attached hydrogens (primary N) is 1. The van der Waals surface area contributed by atoms with Gasteiger partial charge in [-0.1, -0.05) is 36.4 Å². The van der Waals surface area contributed by atoms with Gasteiger partial charge in [0.2, 0.25) is 5.95 Å². The molecule has 118 valence electrons. The molecule has 1 amide bonds. The van der Waals surface area contributed by atoms with Crippen LogP contribution in [0.3, 0.4) is 0 Å². The van der Waals surface area contributed by atoms with Crippen molar-refractivity contribution in [2.24, 2.45) is 0 Å². The lowest BCUT2D eigenvalue weighted by Crippen LogP contribution is -2.26. The smallest absolute Gasteiger partial charge is 0.410 e. The number of rotatable bonds is 3. The molecule has 2 heterocycles. The van der Waals surface area contributed by atoms with E-state index in [4.69, 9.17) is 10.5 Å². The fraction of sp³-hybridized carbons (Fsp3) is 0.235. The van der Waals surface area contributed by atoms with E-state index in [0.29, 0.717) is 19.7 Å². The zero-order valence-electron chi connectivity index (χ0n) is 12.9. The molecule has 1 aromatic carbocycles. The molecule has 1 aromatic heterocycles. The first-order valence-electron chi connectivity index (χ1n) is 7.47. The Morgan fingerprint density at radius 2 is 2.04 bits per heavy atom. The fourth-order valence-corrected chi connectivity index (χ4v) is 2.52. The van der Waals surface area contributed by atoms with Crippen LogP contribution in [-0.2, 0) is 17.8 Å². The van der Waals surface area contributed by atoms with Gasteiger partial charge in [0.05, 0.1) is 31.1 Å². The van der Waals surface area contributed by atoms with Gasteiger partial charge in [-0.2, -0.15) is 0 Å². The summed E-state index contributed by atoms with van der Waals surface area (Å²) in [6.07, 6.45) is 3.53. The van der Waals surface area contributed by atoms with Crippen LogP contribution in [0.25, 0.3) is 12.2 Å². The predicted molar refractivity (Wildman–Crippen MR) is 88.1 cm³/mol. The Hall–Kier alpha value is -2.89. The third-order valence-corrected chi connectivity index (χ3v) is 3.59. The number of amides is 1. The standard InChI is InChI=1S/C17H18N4O2/c1-2-23-17(22)21-10-13-14(19-16(18)20-15(13)11-21)9-8-12-6-4-3-5-7-12/h3-9H,2,10-11H2,1H3,(H2,18,19,20). The van der Waals surface area contributed by atoms with Crippen LogP contribution in [0.5, 0.6) is 0 Å². The molecule has 3 rings (SSSR count). The second kappa shape index (κ2) is 6.48. The third-order valence-electron chi connectivity index (χ3n) is 3.59. The van der Waals surface area contributed by atoms with Crippen LogP contribution in [0.15, 0.2) is 30.3 Å². The van der Waals surface area contributed by atoms with Crippen molar-refractivity contribution in [2.75, 3.05) is 12.3 Å². The number of benzene rings is 1. The molecule has 2 aromatic rings. The van der Waals surface area contributed by atoms with Crippen LogP contribution in [0.2, 0.25) is 0 Å². The van der Waals surface area contributed by atoms with Gasteiger partial charge in [-0.05, 0) is 18.6 Å². The van der Waals surface area contributed by atoms with Crippen molar-refractivity contribution < 1.29 is 9.53 Å². The second-order valence-corrected chi connectivity index (χ2v) is 5.19. The minimum Gasteiger partial charge on any atom is -0.450 e. The predicted octanol–water partition coefficient (Wildman–Crippen LogP) is 2.70. The summed E-state index contributed by atoms with van der Waals surface area (Å²) in [5.41, 5.74) is 9.29. The van der Waals surface area contributed by atoms with Gasteiger partial charge in [-0.25, -0.2) is 14.8 Å². The average Bonchev–Trinajstić information content (AvgIpc) is 2.98. The first-order chi connectivity index (χ1) is 11.2. The highest BCUT2D eigenvalue weighted by molar-refractivity contribution is 5.72. The van der Waals surface area contributed by atoms with E-state index in [1.165, 1.54) is 0 Å². The van der Waals surface area contributed by atoms with Crippen LogP contribution in [0, 0.1) is 0 Å². The Bertz CT molecular complexity index is 744. The number of aromatic nitrogens is 2. The van der Waals surface area contributed by atoms with Crippen molar-refractivity contribution in [1.29, 1.82) is 0 Å². The van der Waals surface area contributed by atoms with Gasteiger partial charge >= 0.3 is 6.09 Å². The Morgan fingerprint density at radius 3 is 2.78 bits per heavy atom. The lowest BCUT2D eigenvalue weighted by Gasteiger charge is -2.13. The molecule has 6 heteroatoms. The van der Waals surface area contributed by atoms with Crippen molar-refractivity contribution in [3.05, 3.63) is 52.8 Å². The Balaban J connectivity index is 1.87. The molecule has 0 spiro atoms. The number of anilines is 1. The minimum atomic E-state index is -0.345. The molecular weight excluding hydrogens is 292 g/mol. The maximum Gasteiger partial charge on any atom is 0.410 e. The van der Waals surface area contributed by atoms with Gasteiger partial charge in [0.1, 0.15) is 0 Å². The number of carbonyl (C=O) groups excluding carboxylic acids is 1. The van der Waals surface area contributed by atoms with E-state index in [1.54, 1.807) is 11.8 Å². The van der Waals surface area contributed by atoms with Crippen LogP contribution >= 0.6 is 0 Å². The summed E-state index contributed by atoms with van der Waals surface area (Å²) >= 11 is 0. The van der Waals surface area contributed by atoms with Gasteiger partial charge in [0.25, 0.3) is 0 Å². The van der Waals surface area contributed by atoms with E-state index in [9.17, 15) is 4.79 Å². The molecule has 0 aliphatic carbocycles. The number of hydrogen-bond acceptors (Lipinski definition) is 5. The summed E-state index contributed by atoms with van der Waals surface area (Å²) in [5.74, 6) is 0.210. The molecule has 1 aliphatic heterocycles. The van der Waals surface area contributed by atoms with Gasteiger partial charge in [-0.3, -0.25) is 4.90 Å². The second-order valence-electron chi connectivity index (χ2n) is 5.19. The van der Waals surface area contributed by atoms with Gasteiger partial charge < -0.3 is 10.5 Å². The molecule has 0 bridgehead atoms. The highest BCUT2D eigenvalue weighted by atomic mass is 16.6. The maximum absolute atomic E-state index is 11.9. The Kier molecular flexibility index (Phi) is 4.23. The SMILES string of the molecule is CCOC(=O)N1Cc2nc(N)nc(C=Cc3ccccc3)c2C1. The van der Waals surface area contributed by atoms with E-state index < -0.39 is 0 Å². The molecule has 0 saturated carbocycles. The Morgan fingerprint density at radius 1 is 1.26 bits per heavy atom. The topological polar surface area (TPSA) is 81.3 Å². The van der Waals surface area contributed by atoms with Crippen LogP contribution in [0.1, 0.15) is 29.4 Å². The van der Waals surface area contributed by atoms with Crippen molar-refractivity contribution in [1.82, 2.24) is 14.9 Å². The summed E-state index contributed by atoms with van der Waals surface area (Å²) in [7, 11) is 0. The van der Waals surface area contributed by atoms with E-state index in [2.05, 4.69) is 9.97 Å². The fourth-order valence-electron chi connectivity index (χ4n) is 2.52. The molecule has 6 nitrogen and oxygen atoms in total. The number of nitrogens with zero attached hydrogens (tertiary/aromatic N) is 3. The Labute approximate surface area is 134 Å². The summed E-state index contributed by atoms with van der Waals surface area (Å²) in [5, 5.41) is 0. The van der Waals surface area contributed by atoms with Gasteiger partial charge in [0, 0.05) is 5.56 Å². The molecule has 0 unspecified atom stereocenters. The summed E-state index contributed by atoms with van der Waals surface area (Å²) < 4.78 is 5.05. The minimum absolute atomic E-state index is 0.210. The zero-order valence-corrected chi connectivity index (χ0v) is 12.9. The zero-order chi connectivity index (χ0) is 16.2. The lowest BCUT2D eigenvalue weighted by atomic mass is 10.1. The monoisotopic (exact) mass is 310 g/mol. The summed E-state index contributed by atoms with van der Waals surface area (Å²) in [4.78, 5) is 22.0. The van der Waals surface area contributed by atoms with Crippen LogP contribution in [0.4, 0.5) is 10.7 Å². The summed E-state index contributed by atoms with van der Waals surface area (Å²) in [6.45, 7) is 2.96. The average molecular weight is 310 g/mol. The van der Waals surface area contributed by atoms with E-state index in [0.717, 1.165) is 22.5 Å². The third kappa shape index (κ3) is 3.31. The van der Waals surface area contributed by atoms with Crippen molar-refractivity contribution in [3.8, 4) is 0 Å². The first-order valence-corrected chi connectivity index (χ1v) is 7.47. The number of nitrogen functional groups attached to an aromatic ring is 1. The van der Waals surface area contributed by atoms with Crippen LogP contribution in [-0.4, -0.2) is 27.6 Å². The maximum atomic E-state index is 11.9. The molecule has 23 heavy (non-hydrogen) atoms. The molecule has 1 aliphatic rings. The number of carbonyl (C=O) groups is 1. The number of hydrogen-bond donors (Lipinski definition) is 1. The molecule has 0 fully saturated rings. The highest BCUT2D eigenvalue weighted by Crippen LogP contribution is 2.26. The van der Waals surface area contributed by atoms with Crippen LogP contribution < -0.4 is 5.73 Å².